The van der Waals surface area contributed by atoms with Crippen molar-refractivity contribution in [3.05, 3.63) is 41.8 Å². The van der Waals surface area contributed by atoms with Gasteiger partial charge < -0.3 is 43.7 Å². The molecule has 0 atom stereocenters. The van der Waals surface area contributed by atoms with Crippen molar-refractivity contribution in [1.29, 1.82) is 0 Å². The number of ether oxygens (including phenoxy) is 3. The third kappa shape index (κ3) is 8.32. The molecule has 0 saturated carbocycles. The molecule has 14 nitrogen and oxygen atoms in total. The molecule has 1 amide bonds. The molecule has 0 saturated heterocycles. The zero-order valence-electron chi connectivity index (χ0n) is 24.2. The molecule has 3 heterocycles. The third-order valence-corrected chi connectivity index (χ3v) is 6.18. The summed E-state index contributed by atoms with van der Waals surface area (Å²) in [6.45, 7) is 3.95. The molecule has 4 rings (SSSR count). The molecular formula is C24H26FN6Na2O8P. The van der Waals surface area contributed by atoms with Crippen molar-refractivity contribution in [2.75, 3.05) is 36.5 Å². The van der Waals surface area contributed by atoms with Gasteiger partial charge >= 0.3 is 59.1 Å². The molecule has 18 heteroatoms. The number of phosphoric acid groups is 1. The van der Waals surface area contributed by atoms with Crippen LogP contribution in [0.4, 0.5) is 33.5 Å². The predicted octanol–water partition coefficient (Wildman–Crippen LogP) is -3.61. The summed E-state index contributed by atoms with van der Waals surface area (Å²) < 4.78 is 46.5. The maximum absolute atomic E-state index is 14.7. The summed E-state index contributed by atoms with van der Waals surface area (Å²) in [5.74, 6) is -0.654. The van der Waals surface area contributed by atoms with Gasteiger partial charge in [-0.2, -0.15) is 4.98 Å². The molecule has 1 aliphatic heterocycles. The molecular weight excluding hydrogens is 596 g/mol. The van der Waals surface area contributed by atoms with E-state index in [9.17, 15) is 23.5 Å². The van der Waals surface area contributed by atoms with Gasteiger partial charge in [-0.15, -0.1) is 0 Å². The number of benzene rings is 1. The monoisotopic (exact) mass is 622 g/mol. The molecule has 0 spiro atoms. The van der Waals surface area contributed by atoms with Crippen LogP contribution in [0, 0.1) is 5.82 Å². The molecule has 2 N–H and O–H groups in total. The molecule has 3 aromatic rings. The maximum atomic E-state index is 14.7. The number of phosphoric ester groups is 1. The van der Waals surface area contributed by atoms with Crippen LogP contribution < -0.4 is 98.6 Å². The number of hydrogen-bond acceptors (Lipinski definition) is 13. The van der Waals surface area contributed by atoms with Crippen molar-refractivity contribution in [3.8, 4) is 17.2 Å². The smallest absolute Gasteiger partial charge is 0.790 e. The summed E-state index contributed by atoms with van der Waals surface area (Å²) in [6.07, 6.45) is 1.61. The molecule has 0 fully saturated rings. The first kappa shape index (κ1) is 36.2. The van der Waals surface area contributed by atoms with E-state index < -0.39 is 31.9 Å². The number of nitrogens with zero attached hydrogens (tertiary/aromatic N) is 4. The molecule has 2 aromatic heterocycles. The Balaban J connectivity index is 0.00000308. The molecule has 0 bridgehead atoms. The number of aromatic nitrogens is 3. The number of carbonyl (C=O) groups excluding carboxylic acids is 1. The summed E-state index contributed by atoms with van der Waals surface area (Å²) in [7, 11) is -2.35. The second kappa shape index (κ2) is 14.6. The van der Waals surface area contributed by atoms with E-state index in [1.54, 1.807) is 13.2 Å². The minimum absolute atomic E-state index is 0. The molecule has 42 heavy (non-hydrogen) atoms. The fourth-order valence-electron chi connectivity index (χ4n) is 3.91. The second-order valence-electron chi connectivity index (χ2n) is 8.93. The van der Waals surface area contributed by atoms with E-state index in [1.807, 2.05) is 13.0 Å². The minimum atomic E-state index is -5.40. The third-order valence-electron chi connectivity index (χ3n) is 5.75. The number of carbonyl (C=O) groups is 1. The summed E-state index contributed by atoms with van der Waals surface area (Å²) in [4.78, 5) is 48.2. The first-order chi connectivity index (χ1) is 18.8. The Labute approximate surface area is 285 Å². The largest absolute Gasteiger partial charge is 1.00 e. The summed E-state index contributed by atoms with van der Waals surface area (Å²) >= 11 is 0. The van der Waals surface area contributed by atoms with Gasteiger partial charge in [-0.1, -0.05) is 6.92 Å². The Morgan fingerprint density at radius 3 is 2.45 bits per heavy atom. The van der Waals surface area contributed by atoms with Crippen molar-refractivity contribution in [2.24, 2.45) is 0 Å². The fourth-order valence-corrected chi connectivity index (χ4v) is 4.17. The van der Waals surface area contributed by atoms with Crippen LogP contribution in [0.2, 0.25) is 0 Å². The van der Waals surface area contributed by atoms with Crippen LogP contribution in [0.3, 0.4) is 0 Å². The van der Waals surface area contributed by atoms with Crippen molar-refractivity contribution >= 4 is 42.8 Å². The Hall–Kier alpha value is -2.04. The summed E-state index contributed by atoms with van der Waals surface area (Å²) in [5, 5.41) is 5.71. The van der Waals surface area contributed by atoms with E-state index >= 15 is 0 Å². The van der Waals surface area contributed by atoms with Gasteiger partial charge in [0.25, 0.3) is 5.91 Å². The van der Waals surface area contributed by atoms with Gasteiger partial charge in [-0.3, -0.25) is 9.69 Å². The second-order valence-corrected chi connectivity index (χ2v) is 10.1. The van der Waals surface area contributed by atoms with Crippen LogP contribution in [0.1, 0.15) is 26.3 Å². The van der Waals surface area contributed by atoms with E-state index in [0.29, 0.717) is 23.6 Å². The number of anilines is 5. The number of aryl methyl sites for hydroxylation is 1. The van der Waals surface area contributed by atoms with Crippen LogP contribution in [0.5, 0.6) is 17.2 Å². The van der Waals surface area contributed by atoms with Gasteiger partial charge in [0.15, 0.2) is 40.3 Å². The predicted molar refractivity (Wildman–Crippen MR) is 137 cm³/mol. The first-order valence-electron chi connectivity index (χ1n) is 11.8. The van der Waals surface area contributed by atoms with Gasteiger partial charge in [-0.25, -0.2) is 14.4 Å². The van der Waals surface area contributed by atoms with Crippen molar-refractivity contribution < 1.29 is 101 Å². The average Bonchev–Trinajstić information content (AvgIpc) is 2.89. The molecule has 0 unspecified atom stereocenters. The summed E-state index contributed by atoms with van der Waals surface area (Å²) in [5.41, 5.74) is 0.0351. The van der Waals surface area contributed by atoms with E-state index in [1.165, 1.54) is 33.1 Å². The number of fused-ring (bicyclic) bond motifs is 1. The number of halogens is 1. The average molecular weight is 622 g/mol. The maximum Gasteiger partial charge on any atom is 1.00 e. The molecule has 0 radical (unpaired) electrons. The van der Waals surface area contributed by atoms with Crippen molar-refractivity contribution in [2.45, 2.75) is 32.8 Å². The number of nitrogens with one attached hydrogen (secondary N) is 2. The van der Waals surface area contributed by atoms with E-state index in [-0.39, 0.29) is 88.3 Å². The normalized spacial score (nSPS) is 13.6. The van der Waals surface area contributed by atoms with Gasteiger partial charge in [-0.05, 0) is 44.0 Å². The van der Waals surface area contributed by atoms with E-state index in [0.717, 1.165) is 16.7 Å². The zero-order valence-corrected chi connectivity index (χ0v) is 29.1. The summed E-state index contributed by atoms with van der Waals surface area (Å²) in [6, 6.07) is 6.38. The Bertz CT molecular complexity index is 1470. The number of pyridine rings is 1. The van der Waals surface area contributed by atoms with Crippen molar-refractivity contribution in [1.82, 2.24) is 15.0 Å². The number of hydrogen-bond donors (Lipinski definition) is 2. The number of rotatable bonds is 10. The van der Waals surface area contributed by atoms with Gasteiger partial charge in [0.05, 0.1) is 28.2 Å². The Morgan fingerprint density at radius 1 is 1.12 bits per heavy atom. The van der Waals surface area contributed by atoms with Crippen LogP contribution in [0.15, 0.2) is 30.5 Å². The minimum Gasteiger partial charge on any atom is -0.790 e. The van der Waals surface area contributed by atoms with Gasteiger partial charge in [0, 0.05) is 11.8 Å². The van der Waals surface area contributed by atoms with Crippen LogP contribution in [-0.4, -0.2) is 47.4 Å². The van der Waals surface area contributed by atoms with E-state index in [4.69, 9.17) is 14.2 Å². The van der Waals surface area contributed by atoms with Crippen LogP contribution in [0.25, 0.3) is 0 Å². The Kier molecular flexibility index (Phi) is 12.6. The number of methoxy groups -OCH3 is 2. The number of amides is 1. The van der Waals surface area contributed by atoms with Crippen molar-refractivity contribution in [3.63, 3.8) is 0 Å². The molecule has 214 valence electrons. The van der Waals surface area contributed by atoms with E-state index in [2.05, 4.69) is 30.1 Å². The fraction of sp³-hybridized carbons (Fsp3) is 0.333. The standard InChI is InChI=1S/C24H28FN6O8P.2Na/c1-6-13-9-14(10-17(36-4)19(13)37-5)27-23-26-11-15(25)20(30-23)28-18-8-7-16-21(29-18)31(12-38-40(33,34)35)22(32)24(2,3)39-16;;/h7-11H,6,12H2,1-5H3,(H2,33,34,35)(H2,26,27,28,29,30);;/q;2*+1/p-2. The molecule has 0 aliphatic carbocycles. The van der Waals surface area contributed by atoms with Crippen LogP contribution in [-0.2, 0) is 20.3 Å². The molecule has 1 aromatic carbocycles. The molecule has 1 aliphatic rings. The Morgan fingerprint density at radius 2 is 1.83 bits per heavy atom. The van der Waals surface area contributed by atoms with Gasteiger partial charge in [0.1, 0.15) is 12.5 Å². The topological polar surface area (TPSA) is 183 Å². The quantitative estimate of drug-likeness (QED) is 0.167. The van der Waals surface area contributed by atoms with Gasteiger partial charge in [0.2, 0.25) is 5.95 Å². The zero-order chi connectivity index (χ0) is 29.2. The van der Waals surface area contributed by atoms with Crippen LogP contribution >= 0.6 is 7.82 Å². The first-order valence-corrected chi connectivity index (χ1v) is 13.3. The SMILES string of the molecule is CCc1cc(Nc2ncc(F)c(Nc3ccc4c(n3)N(COP(=O)([O-])[O-])C(=O)C(C)(C)O4)n2)cc(OC)c1OC.[Na+].[Na+].